The average Bonchev–Trinajstić information content (AvgIpc) is 2.28. The van der Waals surface area contributed by atoms with Crippen molar-refractivity contribution in [2.24, 2.45) is 0 Å². The van der Waals surface area contributed by atoms with Gasteiger partial charge in [-0.05, 0) is 32.4 Å². The molecule has 0 heterocycles. The molecule has 0 aliphatic heterocycles. The van der Waals surface area contributed by atoms with Gasteiger partial charge in [0.2, 0.25) is 0 Å². The summed E-state index contributed by atoms with van der Waals surface area (Å²) in [5.74, 6) is 0.142. The summed E-state index contributed by atoms with van der Waals surface area (Å²) < 4.78 is 11.1. The van der Waals surface area contributed by atoms with Gasteiger partial charge in [-0.3, -0.25) is 4.79 Å². The van der Waals surface area contributed by atoms with Crippen molar-refractivity contribution in [2.45, 2.75) is 45.6 Å². The van der Waals surface area contributed by atoms with Gasteiger partial charge in [-0.1, -0.05) is 19.4 Å². The van der Waals surface area contributed by atoms with Crippen LogP contribution in [-0.2, 0) is 13.6 Å². The van der Waals surface area contributed by atoms with Crippen LogP contribution in [0, 0.1) is 0 Å². The third-order valence-corrected chi connectivity index (χ3v) is 4.59. The molecule has 3 nitrogen and oxygen atoms in total. The number of rotatable bonds is 11. The molecule has 0 spiro atoms. The smallest absolute Gasteiger partial charge is 0.321 e. The van der Waals surface area contributed by atoms with Gasteiger partial charge >= 0.3 is 9.28 Å². The number of carbonyl (C=O) groups is 1. The fourth-order valence-corrected chi connectivity index (χ4v) is 3.27. The Morgan fingerprint density at radius 1 is 1.19 bits per heavy atom. The lowest BCUT2D eigenvalue weighted by Crippen LogP contribution is -2.22. The number of hydrogen-bond donors (Lipinski definition) is 0. The molecule has 0 atom stereocenters. The first-order valence-corrected chi connectivity index (χ1v) is 7.89. The molecule has 0 aromatic rings. The van der Waals surface area contributed by atoms with Gasteiger partial charge in [-0.25, -0.2) is 0 Å². The quantitative estimate of drug-likeness (QED) is 0.318. The minimum Gasteiger partial charge on any atom is -0.397 e. The average molecular weight is 244 g/mol. The number of hydrogen-bond acceptors (Lipinski definition) is 3. The Balaban J connectivity index is 3.46. The van der Waals surface area contributed by atoms with E-state index in [9.17, 15) is 4.79 Å². The van der Waals surface area contributed by atoms with Crippen LogP contribution in [0.15, 0.2) is 12.7 Å². The van der Waals surface area contributed by atoms with Gasteiger partial charge in [0, 0.05) is 19.6 Å². The normalized spacial score (nSPS) is 10.7. The molecule has 0 aliphatic rings. The van der Waals surface area contributed by atoms with E-state index in [0.717, 1.165) is 38.5 Å². The van der Waals surface area contributed by atoms with Gasteiger partial charge in [0.15, 0.2) is 5.78 Å². The first kappa shape index (κ1) is 15.5. The van der Waals surface area contributed by atoms with Gasteiger partial charge in [0.05, 0.1) is 0 Å². The second-order valence-corrected chi connectivity index (χ2v) is 5.71. The van der Waals surface area contributed by atoms with Crippen molar-refractivity contribution in [3.63, 3.8) is 0 Å². The van der Waals surface area contributed by atoms with E-state index in [1.54, 1.807) is 0 Å². The topological polar surface area (TPSA) is 35.5 Å². The van der Waals surface area contributed by atoms with E-state index in [4.69, 9.17) is 8.85 Å². The van der Waals surface area contributed by atoms with Crippen molar-refractivity contribution in [3.05, 3.63) is 12.7 Å². The molecule has 0 bridgehead atoms. The van der Waals surface area contributed by atoms with E-state index in [-0.39, 0.29) is 5.78 Å². The van der Waals surface area contributed by atoms with Crippen molar-refractivity contribution in [3.8, 4) is 0 Å². The molecule has 4 heteroatoms. The Hall–Kier alpha value is -0.453. The summed E-state index contributed by atoms with van der Waals surface area (Å²) >= 11 is 0. The van der Waals surface area contributed by atoms with Crippen LogP contribution in [0.4, 0.5) is 0 Å². The molecule has 16 heavy (non-hydrogen) atoms. The van der Waals surface area contributed by atoms with Crippen LogP contribution in [0.2, 0.25) is 6.04 Å². The molecule has 0 rings (SSSR count). The Labute approximate surface area is 101 Å². The summed E-state index contributed by atoms with van der Waals surface area (Å²) in [5.41, 5.74) is 0. The Bertz CT molecular complexity index is 189. The molecular weight excluding hydrogens is 220 g/mol. The zero-order chi connectivity index (χ0) is 12.2. The molecular formula is C12H24O3Si. The maximum Gasteiger partial charge on any atom is 0.321 e. The van der Waals surface area contributed by atoms with Crippen LogP contribution < -0.4 is 0 Å². The summed E-state index contributed by atoms with van der Waals surface area (Å²) in [4.78, 5) is 11.0. The third kappa shape index (κ3) is 8.82. The van der Waals surface area contributed by atoms with Gasteiger partial charge in [-0.15, -0.1) is 0 Å². The van der Waals surface area contributed by atoms with Crippen molar-refractivity contribution in [1.82, 2.24) is 0 Å². The standard InChI is InChI=1S/C12H24O3Si/c1-4-12(13)10-8-7-9-11-16(14-5-2)15-6-3/h4,16H,1,5-11H2,2-3H3. The fourth-order valence-electron chi connectivity index (χ4n) is 1.48. The highest BCUT2D eigenvalue weighted by Crippen LogP contribution is 2.08. The first-order chi connectivity index (χ1) is 7.74. The van der Waals surface area contributed by atoms with Crippen molar-refractivity contribution >= 4 is 15.1 Å². The molecule has 0 aliphatic carbocycles. The summed E-state index contributed by atoms with van der Waals surface area (Å²) in [6.07, 6.45) is 5.14. The van der Waals surface area contributed by atoms with Crippen LogP contribution >= 0.6 is 0 Å². The first-order valence-electron chi connectivity index (χ1n) is 6.13. The summed E-state index contributed by atoms with van der Waals surface area (Å²) in [7, 11) is -1.41. The molecule has 0 amide bonds. The molecule has 0 saturated heterocycles. The molecule has 0 radical (unpaired) electrons. The molecule has 0 aromatic carbocycles. The highest BCUT2D eigenvalue weighted by atomic mass is 28.3. The molecule has 0 fully saturated rings. The van der Waals surface area contributed by atoms with Crippen LogP contribution in [-0.4, -0.2) is 28.3 Å². The van der Waals surface area contributed by atoms with Gasteiger partial charge in [0.1, 0.15) is 0 Å². The minimum absolute atomic E-state index is 0.142. The maximum absolute atomic E-state index is 11.0. The highest BCUT2D eigenvalue weighted by Gasteiger charge is 2.11. The largest absolute Gasteiger partial charge is 0.397 e. The molecule has 0 N–H and O–H groups in total. The SMILES string of the molecule is C=CC(=O)CCCCC[SiH](OCC)OCC. The summed E-state index contributed by atoms with van der Waals surface area (Å²) in [6, 6.07) is 1.05. The van der Waals surface area contributed by atoms with E-state index >= 15 is 0 Å². The zero-order valence-electron chi connectivity index (χ0n) is 10.5. The summed E-state index contributed by atoms with van der Waals surface area (Å²) in [6.45, 7) is 8.94. The number of ketones is 1. The Kier molecular flexibility index (Phi) is 10.7. The van der Waals surface area contributed by atoms with Crippen LogP contribution in [0.5, 0.6) is 0 Å². The predicted molar refractivity (Wildman–Crippen MR) is 68.9 cm³/mol. The summed E-state index contributed by atoms with van der Waals surface area (Å²) in [5, 5.41) is 0. The lowest BCUT2D eigenvalue weighted by molar-refractivity contribution is -0.114. The lowest BCUT2D eigenvalue weighted by Gasteiger charge is -2.14. The van der Waals surface area contributed by atoms with E-state index in [1.807, 2.05) is 13.8 Å². The van der Waals surface area contributed by atoms with E-state index < -0.39 is 9.28 Å². The van der Waals surface area contributed by atoms with E-state index in [0.29, 0.717) is 6.42 Å². The second-order valence-electron chi connectivity index (χ2n) is 3.61. The molecule has 0 unspecified atom stereocenters. The zero-order valence-corrected chi connectivity index (χ0v) is 11.7. The fraction of sp³-hybridized carbons (Fsp3) is 0.750. The minimum atomic E-state index is -1.41. The van der Waals surface area contributed by atoms with E-state index in [2.05, 4.69) is 6.58 Å². The number of carbonyl (C=O) groups excluding carboxylic acids is 1. The monoisotopic (exact) mass is 244 g/mol. The molecule has 94 valence electrons. The number of unbranched alkanes of at least 4 members (excludes halogenated alkanes) is 2. The van der Waals surface area contributed by atoms with Gasteiger partial charge in [-0.2, -0.15) is 0 Å². The third-order valence-electron chi connectivity index (χ3n) is 2.30. The van der Waals surface area contributed by atoms with Crippen molar-refractivity contribution in [2.75, 3.05) is 13.2 Å². The van der Waals surface area contributed by atoms with E-state index in [1.165, 1.54) is 6.08 Å². The number of allylic oxidation sites excluding steroid dienone is 1. The van der Waals surface area contributed by atoms with Crippen LogP contribution in [0.1, 0.15) is 39.5 Å². The second kappa shape index (κ2) is 11.0. The maximum atomic E-state index is 11.0. The Morgan fingerprint density at radius 3 is 2.31 bits per heavy atom. The molecule has 0 saturated carbocycles. The Morgan fingerprint density at radius 2 is 1.81 bits per heavy atom. The van der Waals surface area contributed by atoms with Crippen molar-refractivity contribution in [1.29, 1.82) is 0 Å². The van der Waals surface area contributed by atoms with Crippen LogP contribution in [0.3, 0.4) is 0 Å². The van der Waals surface area contributed by atoms with Crippen LogP contribution in [0.25, 0.3) is 0 Å². The van der Waals surface area contributed by atoms with Gasteiger partial charge < -0.3 is 8.85 Å². The lowest BCUT2D eigenvalue weighted by atomic mass is 10.1. The van der Waals surface area contributed by atoms with Gasteiger partial charge in [0.25, 0.3) is 0 Å². The van der Waals surface area contributed by atoms with Crippen molar-refractivity contribution < 1.29 is 13.6 Å². The molecule has 0 aromatic heterocycles. The predicted octanol–water partition coefficient (Wildman–Crippen LogP) is 2.60. The highest BCUT2D eigenvalue weighted by molar-refractivity contribution is 6.44.